The summed E-state index contributed by atoms with van der Waals surface area (Å²) in [5, 5.41) is 6.89. The first-order chi connectivity index (χ1) is 20.4. The van der Waals surface area contributed by atoms with Crippen molar-refractivity contribution >= 4 is 58.7 Å². The van der Waals surface area contributed by atoms with Crippen molar-refractivity contribution in [2.75, 3.05) is 12.3 Å². The Morgan fingerprint density at radius 3 is 2.52 bits per heavy atom. The summed E-state index contributed by atoms with van der Waals surface area (Å²) in [6.07, 6.45) is -4.85. The van der Waals surface area contributed by atoms with Gasteiger partial charge in [-0.2, -0.15) is 13.7 Å². The Kier molecular flexibility index (Phi) is 9.01. The Bertz CT molecular complexity index is 1770. The Morgan fingerprint density at radius 2 is 1.86 bits per heavy atom. The quantitative estimate of drug-likeness (QED) is 0.100. The molecule has 22 nitrogen and oxygen atoms in total. The summed E-state index contributed by atoms with van der Waals surface area (Å²) >= 11 is 5.20. The van der Waals surface area contributed by atoms with Crippen molar-refractivity contribution in [2.45, 2.75) is 44.3 Å². The molecule has 5 heterocycles. The highest BCUT2D eigenvalue weighted by molar-refractivity contribution is 7.71. The number of aromatic nitrogens is 6. The van der Waals surface area contributed by atoms with Crippen molar-refractivity contribution in [1.29, 1.82) is 0 Å². The molecule has 8 N–H and O–H groups in total. The number of aromatic amines is 1. The van der Waals surface area contributed by atoms with Crippen LogP contribution in [-0.4, -0.2) is 86.0 Å². The molecule has 26 heteroatoms. The van der Waals surface area contributed by atoms with Crippen LogP contribution in [0.3, 0.4) is 0 Å². The van der Waals surface area contributed by atoms with Crippen molar-refractivity contribution in [2.24, 2.45) is 7.05 Å². The number of ether oxygens (including phenoxy) is 3. The van der Waals surface area contributed by atoms with Crippen LogP contribution in [0.25, 0.3) is 11.2 Å². The molecule has 2 saturated heterocycles. The van der Waals surface area contributed by atoms with Gasteiger partial charge in [-0.3, -0.25) is 18.6 Å². The number of phosphoric ester groups is 1. The van der Waals surface area contributed by atoms with Gasteiger partial charge in [0.15, 0.2) is 16.8 Å². The van der Waals surface area contributed by atoms with Crippen LogP contribution < -0.4 is 11.1 Å². The average Bonchev–Trinajstić information content (AvgIpc) is 3.63. The zero-order valence-electron chi connectivity index (χ0n) is 22.4. The number of hydrogen-bond acceptors (Lipinski definition) is 15. The zero-order chi connectivity index (χ0) is 32.2. The lowest BCUT2D eigenvalue weighted by atomic mass is 10.1. The molecular formula is C18H25N8O14P3S. The van der Waals surface area contributed by atoms with Gasteiger partial charge in [-0.05, 0) is 13.0 Å². The maximum absolute atomic E-state index is 13.0. The molecule has 2 aliphatic rings. The third kappa shape index (κ3) is 7.33. The van der Waals surface area contributed by atoms with E-state index in [0.717, 1.165) is 5.69 Å². The molecule has 0 bridgehead atoms. The van der Waals surface area contributed by atoms with Crippen molar-refractivity contribution in [3.8, 4) is 0 Å². The summed E-state index contributed by atoms with van der Waals surface area (Å²) in [6.45, 7) is 1.00. The van der Waals surface area contributed by atoms with Gasteiger partial charge in [-0.25, -0.2) is 23.7 Å². The van der Waals surface area contributed by atoms with Crippen molar-refractivity contribution < 1.29 is 65.4 Å². The van der Waals surface area contributed by atoms with Crippen LogP contribution in [-0.2, 0) is 59.4 Å². The maximum atomic E-state index is 13.0. The Labute approximate surface area is 250 Å². The molecule has 1 amide bonds. The highest BCUT2D eigenvalue weighted by Gasteiger charge is 2.56. The van der Waals surface area contributed by atoms with E-state index in [2.05, 4.69) is 34.0 Å². The van der Waals surface area contributed by atoms with Crippen LogP contribution in [0.4, 0.5) is 5.95 Å². The molecular weight excluding hydrogens is 677 g/mol. The first-order valence-corrected chi connectivity index (χ1v) is 17.1. The molecule has 0 aliphatic carbocycles. The van der Waals surface area contributed by atoms with E-state index in [1.54, 1.807) is 17.8 Å². The van der Waals surface area contributed by atoms with Gasteiger partial charge >= 0.3 is 23.5 Å². The Hall–Kier alpha value is -2.46. The topological polar surface area (TPSA) is 307 Å². The van der Waals surface area contributed by atoms with E-state index in [0.29, 0.717) is 5.69 Å². The number of hydrogen-bond donors (Lipinski definition) is 7. The van der Waals surface area contributed by atoms with Crippen LogP contribution in [0.15, 0.2) is 12.4 Å². The number of aryl methyl sites for hydroxylation is 2. The highest BCUT2D eigenvalue weighted by atomic mass is 32.1. The lowest BCUT2D eigenvalue weighted by molar-refractivity contribution is -0.171. The molecule has 0 aromatic carbocycles. The molecule has 2 aliphatic heterocycles. The molecule has 242 valence electrons. The predicted octanol–water partition coefficient (Wildman–Crippen LogP) is -0.220. The number of rotatable bonds is 11. The largest absolute Gasteiger partial charge is 0.490 e. The van der Waals surface area contributed by atoms with Crippen LogP contribution in [0.1, 0.15) is 17.6 Å². The fourth-order valence-corrected chi connectivity index (χ4v) is 7.69. The minimum absolute atomic E-state index is 0.0451. The van der Waals surface area contributed by atoms with Gasteiger partial charge in [0.25, 0.3) is 5.91 Å². The second-order valence-electron chi connectivity index (χ2n) is 9.38. The fourth-order valence-electron chi connectivity index (χ4n) is 4.42. The minimum Gasteiger partial charge on any atom is -0.369 e. The molecule has 3 aromatic heterocycles. The van der Waals surface area contributed by atoms with Crippen LogP contribution in [0.2, 0.25) is 0 Å². The first kappa shape index (κ1) is 32.9. The SMILES string of the molecule is Cc1cc(CNC(=O)C2OC3C(COP(=O)(O)OP(=O)(O)OP(=O)(O)O)OC(n4cnc5c(=S)nc(N)[nH]c54)C3O2)nn1C. The third-order valence-corrected chi connectivity index (χ3v) is 10.3. The van der Waals surface area contributed by atoms with E-state index in [1.165, 1.54) is 10.9 Å². The first-order valence-electron chi connectivity index (χ1n) is 12.2. The van der Waals surface area contributed by atoms with Gasteiger partial charge in [-0.1, -0.05) is 12.2 Å². The number of carbonyl (C=O) groups is 1. The van der Waals surface area contributed by atoms with Gasteiger partial charge in [0, 0.05) is 12.7 Å². The lowest BCUT2D eigenvalue weighted by Crippen LogP contribution is -2.37. The van der Waals surface area contributed by atoms with Gasteiger partial charge in [0.1, 0.15) is 29.5 Å². The van der Waals surface area contributed by atoms with E-state index < -0.39 is 66.8 Å². The Morgan fingerprint density at radius 1 is 1.16 bits per heavy atom. The summed E-state index contributed by atoms with van der Waals surface area (Å²) in [5.41, 5.74) is 7.72. The lowest BCUT2D eigenvalue weighted by Gasteiger charge is -2.22. The average molecular weight is 702 g/mol. The van der Waals surface area contributed by atoms with E-state index in [1.807, 2.05) is 6.92 Å². The minimum atomic E-state index is -5.77. The molecule has 0 saturated carbocycles. The number of phosphoric acid groups is 3. The van der Waals surface area contributed by atoms with Crippen molar-refractivity contribution in [3.63, 3.8) is 0 Å². The number of anilines is 1. The van der Waals surface area contributed by atoms with E-state index >= 15 is 0 Å². The second-order valence-corrected chi connectivity index (χ2v) is 14.2. The Balaban J connectivity index is 1.35. The van der Waals surface area contributed by atoms with Gasteiger partial charge in [0.2, 0.25) is 6.29 Å². The number of nitrogen functional groups attached to an aromatic ring is 1. The van der Waals surface area contributed by atoms with E-state index in [4.69, 9.17) is 46.5 Å². The normalized spacial score (nSPS) is 26.4. The number of nitrogens with zero attached hydrogens (tertiary/aromatic N) is 5. The number of nitrogens with one attached hydrogen (secondary N) is 2. The highest BCUT2D eigenvalue weighted by Crippen LogP contribution is 2.66. The molecule has 7 unspecified atom stereocenters. The number of fused-ring (bicyclic) bond motifs is 2. The standard InChI is InChI=1S/C18H25N8O14P3S/c1-7-3-8(24-25(7)2)4-20-14(27)17-37-11-9(5-35-42(31,32)40-43(33,34)39-41(28,29)30)36-16(12(11)38-17)26-6-21-10-13(26)22-18(19)23-15(10)44/h3,6,9,11-12,16-17H,4-5H2,1-2H3,(H,20,27)(H,31,32)(H,33,34)(H2,28,29,30)(H3,19,22,23,44). The number of carbonyl (C=O) groups excluding carboxylic acids is 1. The number of nitrogens with two attached hydrogens (primary N) is 1. The molecule has 7 atom stereocenters. The molecule has 5 rings (SSSR count). The summed E-state index contributed by atoms with van der Waals surface area (Å²) in [7, 11) is -15.1. The maximum Gasteiger partial charge on any atom is 0.490 e. The van der Waals surface area contributed by atoms with Crippen molar-refractivity contribution in [1.82, 2.24) is 34.6 Å². The van der Waals surface area contributed by atoms with Crippen LogP contribution in [0, 0.1) is 11.6 Å². The smallest absolute Gasteiger partial charge is 0.369 e. The van der Waals surface area contributed by atoms with Crippen molar-refractivity contribution in [3.05, 3.63) is 28.4 Å². The monoisotopic (exact) mass is 702 g/mol. The number of imidazole rings is 1. The van der Waals surface area contributed by atoms with E-state index in [-0.39, 0.29) is 28.3 Å². The van der Waals surface area contributed by atoms with E-state index in [9.17, 15) is 28.3 Å². The fraction of sp³-hybridized carbons (Fsp3) is 0.500. The summed E-state index contributed by atoms with van der Waals surface area (Å²) in [5.74, 6) is -0.731. The van der Waals surface area contributed by atoms with Gasteiger partial charge in [0.05, 0.1) is 25.2 Å². The van der Waals surface area contributed by atoms with Crippen LogP contribution in [0.5, 0.6) is 0 Å². The molecule has 44 heavy (non-hydrogen) atoms. The van der Waals surface area contributed by atoms with Gasteiger partial charge in [-0.15, -0.1) is 0 Å². The summed E-state index contributed by atoms with van der Waals surface area (Å²) in [6, 6.07) is 1.77. The second kappa shape index (κ2) is 12.0. The third-order valence-electron chi connectivity index (χ3n) is 6.23. The molecule has 2 fully saturated rings. The number of H-pyrrole nitrogens is 1. The molecule has 0 radical (unpaired) electrons. The van der Waals surface area contributed by atoms with Gasteiger partial charge < -0.3 is 49.8 Å². The summed E-state index contributed by atoms with van der Waals surface area (Å²) < 4.78 is 67.9. The zero-order valence-corrected chi connectivity index (χ0v) is 25.9. The predicted molar refractivity (Wildman–Crippen MR) is 144 cm³/mol. The van der Waals surface area contributed by atoms with Crippen LogP contribution >= 0.6 is 35.7 Å². The summed E-state index contributed by atoms with van der Waals surface area (Å²) in [4.78, 5) is 60.7. The molecule has 0 spiro atoms. The molecule has 3 aromatic rings. The number of amides is 1.